The molecule has 1 aliphatic heterocycles. The molecule has 1 amide bonds. The van der Waals surface area contributed by atoms with E-state index in [0.29, 0.717) is 31.3 Å². The van der Waals surface area contributed by atoms with Gasteiger partial charge in [-0.05, 0) is 18.6 Å². The van der Waals surface area contributed by atoms with E-state index >= 15 is 0 Å². The summed E-state index contributed by atoms with van der Waals surface area (Å²) in [6.07, 6.45) is 1.57. The molecule has 4 rings (SSSR count). The van der Waals surface area contributed by atoms with Crippen molar-refractivity contribution in [3.05, 3.63) is 30.1 Å². The van der Waals surface area contributed by atoms with Gasteiger partial charge in [-0.15, -0.1) is 0 Å². The van der Waals surface area contributed by atoms with Gasteiger partial charge >= 0.3 is 0 Å². The van der Waals surface area contributed by atoms with Gasteiger partial charge in [-0.3, -0.25) is 4.79 Å². The van der Waals surface area contributed by atoms with Crippen LogP contribution in [-0.4, -0.2) is 53.0 Å². The molecule has 7 heteroatoms. The van der Waals surface area contributed by atoms with E-state index in [1.54, 1.807) is 7.11 Å². The summed E-state index contributed by atoms with van der Waals surface area (Å²) in [5.41, 5.74) is 1.77. The van der Waals surface area contributed by atoms with Crippen molar-refractivity contribution in [3.63, 3.8) is 0 Å². The Kier molecular flexibility index (Phi) is 4.93. The maximum atomic E-state index is 12.5. The molecule has 26 heavy (non-hydrogen) atoms. The molecule has 1 aromatic heterocycles. The average molecular weight is 359 g/mol. The zero-order valence-electron chi connectivity index (χ0n) is 14.9. The predicted molar refractivity (Wildman–Crippen MR) is 95.4 cm³/mol. The highest BCUT2D eigenvalue weighted by Crippen LogP contribution is 2.43. The Morgan fingerprint density at radius 3 is 3.12 bits per heavy atom. The van der Waals surface area contributed by atoms with Gasteiger partial charge in [-0.2, -0.15) is 0 Å². The number of aliphatic hydroxyl groups is 1. The maximum Gasteiger partial charge on any atom is 0.222 e. The Balaban J connectivity index is 1.40. The summed E-state index contributed by atoms with van der Waals surface area (Å²) in [5, 5.41) is 12.7. The van der Waals surface area contributed by atoms with Crippen LogP contribution in [0.25, 0.3) is 11.0 Å². The average Bonchev–Trinajstić information content (AvgIpc) is 3.24. The molecule has 1 aromatic carbocycles. The number of aliphatic hydroxyl groups excluding tert-OH is 1. The molecule has 0 unspecified atom stereocenters. The van der Waals surface area contributed by atoms with E-state index in [4.69, 9.17) is 9.47 Å². The lowest BCUT2D eigenvalue weighted by Gasteiger charge is -2.47. The number of carbonyl (C=O) groups excluding carboxylic acids is 1. The van der Waals surface area contributed by atoms with Crippen LogP contribution in [0.1, 0.15) is 18.7 Å². The second kappa shape index (κ2) is 7.34. The molecule has 2 aliphatic rings. The Labute approximate surface area is 152 Å². The lowest BCUT2D eigenvalue weighted by Crippen LogP contribution is -2.62. The summed E-state index contributed by atoms with van der Waals surface area (Å²) in [5.74, 6) is 1.24. The van der Waals surface area contributed by atoms with Crippen molar-refractivity contribution in [2.75, 3.05) is 20.3 Å². The summed E-state index contributed by atoms with van der Waals surface area (Å²) in [4.78, 5) is 17.0. The van der Waals surface area contributed by atoms with Gasteiger partial charge in [0.2, 0.25) is 5.91 Å². The first-order chi connectivity index (χ1) is 12.7. The van der Waals surface area contributed by atoms with Gasteiger partial charge in [0.05, 0.1) is 23.7 Å². The van der Waals surface area contributed by atoms with Crippen LogP contribution in [0.15, 0.2) is 24.3 Å². The molecule has 0 bridgehead atoms. The van der Waals surface area contributed by atoms with Gasteiger partial charge in [-0.1, -0.05) is 12.1 Å². The van der Waals surface area contributed by atoms with E-state index in [1.807, 2.05) is 28.8 Å². The van der Waals surface area contributed by atoms with E-state index in [1.165, 1.54) is 0 Å². The lowest BCUT2D eigenvalue weighted by molar-refractivity contribution is -0.130. The number of amides is 1. The number of carbonyl (C=O) groups is 1. The number of benzene rings is 1. The van der Waals surface area contributed by atoms with Gasteiger partial charge in [0, 0.05) is 44.6 Å². The van der Waals surface area contributed by atoms with Crippen molar-refractivity contribution in [2.45, 2.75) is 38.1 Å². The summed E-state index contributed by atoms with van der Waals surface area (Å²) in [7, 11) is 1.68. The fourth-order valence-corrected chi connectivity index (χ4v) is 4.40. The van der Waals surface area contributed by atoms with Crippen molar-refractivity contribution in [3.8, 4) is 0 Å². The summed E-state index contributed by atoms with van der Waals surface area (Å²) in [6.45, 7) is 1.72. The topological polar surface area (TPSA) is 85.6 Å². The van der Waals surface area contributed by atoms with Crippen LogP contribution in [0.4, 0.5) is 0 Å². The molecule has 1 saturated carbocycles. The number of fused-ring (bicyclic) bond motifs is 2. The van der Waals surface area contributed by atoms with Crippen molar-refractivity contribution >= 4 is 16.9 Å². The monoisotopic (exact) mass is 359 g/mol. The molecule has 0 spiro atoms. The van der Waals surface area contributed by atoms with E-state index < -0.39 is 0 Å². The summed E-state index contributed by atoms with van der Waals surface area (Å²) >= 11 is 0. The fraction of sp³-hybridized carbons (Fsp3) is 0.579. The molecule has 2 N–H and O–H groups in total. The van der Waals surface area contributed by atoms with E-state index in [0.717, 1.165) is 24.1 Å². The number of rotatable bonds is 7. The number of nitrogens with one attached hydrogen (secondary N) is 1. The highest BCUT2D eigenvalue weighted by Gasteiger charge is 2.54. The molecule has 1 aliphatic carbocycles. The quantitative estimate of drug-likeness (QED) is 0.773. The summed E-state index contributed by atoms with van der Waals surface area (Å²) in [6, 6.07) is 7.85. The zero-order chi connectivity index (χ0) is 18.1. The minimum absolute atomic E-state index is 0.0168. The van der Waals surface area contributed by atoms with E-state index in [9.17, 15) is 9.90 Å². The molecule has 7 nitrogen and oxygen atoms in total. The number of hydrogen-bond donors (Lipinski definition) is 2. The van der Waals surface area contributed by atoms with Crippen LogP contribution in [0.2, 0.25) is 0 Å². The SMILES string of the molecule is COC[C@H]1[C@@H](NC(=O)CCn2c(CO)nc3ccccc32)[C@H]2CCO[C@H]21. The van der Waals surface area contributed by atoms with Crippen molar-refractivity contribution in [1.82, 2.24) is 14.9 Å². The maximum absolute atomic E-state index is 12.5. The van der Waals surface area contributed by atoms with Crippen LogP contribution in [0.5, 0.6) is 0 Å². The molecular weight excluding hydrogens is 334 g/mol. The molecule has 2 heterocycles. The smallest absolute Gasteiger partial charge is 0.222 e. The number of ether oxygens (including phenoxy) is 2. The molecule has 1 saturated heterocycles. The number of para-hydroxylation sites is 2. The Hall–Kier alpha value is -1.96. The number of imidazole rings is 1. The molecule has 140 valence electrons. The summed E-state index contributed by atoms with van der Waals surface area (Å²) < 4.78 is 13.0. The van der Waals surface area contributed by atoms with Gasteiger partial charge in [0.25, 0.3) is 0 Å². The van der Waals surface area contributed by atoms with Crippen LogP contribution < -0.4 is 5.32 Å². The van der Waals surface area contributed by atoms with Crippen molar-refractivity contribution in [1.29, 1.82) is 0 Å². The molecule has 0 radical (unpaired) electrons. The molecular formula is C19H25N3O4. The van der Waals surface area contributed by atoms with Gasteiger partial charge in [0.15, 0.2) is 0 Å². The van der Waals surface area contributed by atoms with Gasteiger partial charge in [0.1, 0.15) is 12.4 Å². The van der Waals surface area contributed by atoms with E-state index in [2.05, 4.69) is 10.3 Å². The number of aromatic nitrogens is 2. The number of hydrogen-bond acceptors (Lipinski definition) is 5. The second-order valence-electron chi connectivity index (χ2n) is 7.08. The first kappa shape index (κ1) is 17.5. The molecule has 4 atom stereocenters. The van der Waals surface area contributed by atoms with Crippen molar-refractivity contribution in [2.24, 2.45) is 11.8 Å². The Bertz CT molecular complexity index is 790. The van der Waals surface area contributed by atoms with E-state index in [-0.39, 0.29) is 30.6 Å². The predicted octanol–water partition coefficient (Wildman–Crippen LogP) is 1.08. The third-order valence-corrected chi connectivity index (χ3v) is 5.65. The minimum Gasteiger partial charge on any atom is -0.388 e. The van der Waals surface area contributed by atoms with Crippen molar-refractivity contribution < 1.29 is 19.4 Å². The third-order valence-electron chi connectivity index (χ3n) is 5.65. The normalized spacial score (nSPS) is 27.3. The van der Waals surface area contributed by atoms with Crippen LogP contribution in [-0.2, 0) is 27.4 Å². The Morgan fingerprint density at radius 2 is 2.31 bits per heavy atom. The minimum atomic E-state index is -0.143. The lowest BCUT2D eigenvalue weighted by atomic mass is 9.67. The number of methoxy groups -OCH3 is 1. The Morgan fingerprint density at radius 1 is 1.46 bits per heavy atom. The fourth-order valence-electron chi connectivity index (χ4n) is 4.40. The van der Waals surface area contributed by atoms with Gasteiger partial charge < -0.3 is 24.5 Å². The first-order valence-electron chi connectivity index (χ1n) is 9.18. The van der Waals surface area contributed by atoms with Gasteiger partial charge in [-0.25, -0.2) is 4.98 Å². The second-order valence-corrected chi connectivity index (χ2v) is 7.08. The highest BCUT2D eigenvalue weighted by molar-refractivity contribution is 5.78. The van der Waals surface area contributed by atoms with Crippen LogP contribution in [0.3, 0.4) is 0 Å². The zero-order valence-corrected chi connectivity index (χ0v) is 14.9. The van der Waals surface area contributed by atoms with Crippen LogP contribution >= 0.6 is 0 Å². The largest absolute Gasteiger partial charge is 0.388 e. The van der Waals surface area contributed by atoms with Crippen LogP contribution in [0, 0.1) is 11.8 Å². The molecule has 2 fully saturated rings. The number of aryl methyl sites for hydroxylation is 1. The highest BCUT2D eigenvalue weighted by atomic mass is 16.5. The first-order valence-corrected chi connectivity index (χ1v) is 9.18. The standard InChI is InChI=1S/C19H25N3O4/c1-25-11-13-18(12-7-9-26-19(12)13)21-17(24)6-8-22-15-5-3-2-4-14(15)20-16(22)10-23/h2-5,12-13,18-19,23H,6-11H2,1H3,(H,21,24)/t12-,13+,18+,19-/m1/s1. The molecule has 2 aromatic rings. The third kappa shape index (κ3) is 3.00. The number of nitrogens with zero attached hydrogens (tertiary/aromatic N) is 2.